The lowest BCUT2D eigenvalue weighted by molar-refractivity contribution is 0.0954. The molecule has 1 unspecified atom stereocenters. The number of rotatable bonds is 7. The Morgan fingerprint density at radius 2 is 2.27 bits per heavy atom. The fourth-order valence-corrected chi connectivity index (χ4v) is 2.58. The van der Waals surface area contributed by atoms with E-state index >= 15 is 0 Å². The lowest BCUT2D eigenvalue weighted by Gasteiger charge is -2.14. The fourth-order valence-electron chi connectivity index (χ4n) is 2.58. The van der Waals surface area contributed by atoms with Gasteiger partial charge in [-0.2, -0.15) is 0 Å². The molecule has 0 aliphatic heterocycles. The van der Waals surface area contributed by atoms with Crippen molar-refractivity contribution < 1.29 is 4.79 Å². The Morgan fingerprint density at radius 3 is 3.00 bits per heavy atom. The molecule has 0 radical (unpaired) electrons. The van der Waals surface area contributed by atoms with E-state index in [0.717, 1.165) is 18.7 Å². The lowest BCUT2D eigenvalue weighted by atomic mass is 9.97. The van der Waals surface area contributed by atoms with Gasteiger partial charge in [0.15, 0.2) is 0 Å². The fraction of sp³-hybridized carbons (Fsp3) is 0.556. The van der Waals surface area contributed by atoms with E-state index in [-0.39, 0.29) is 5.91 Å². The van der Waals surface area contributed by atoms with E-state index in [4.69, 9.17) is 0 Å². The maximum absolute atomic E-state index is 12.2. The third-order valence-electron chi connectivity index (χ3n) is 4.15. The molecule has 1 amide bonds. The summed E-state index contributed by atoms with van der Waals surface area (Å²) in [5.74, 6) is 0.739. The number of carbonyl (C=O) groups excluding carboxylic acids is 1. The van der Waals surface area contributed by atoms with Crippen molar-refractivity contribution in [3.63, 3.8) is 0 Å². The molecule has 0 fully saturated rings. The van der Waals surface area contributed by atoms with Gasteiger partial charge in [-0.1, -0.05) is 18.6 Å². The van der Waals surface area contributed by atoms with E-state index in [2.05, 4.69) is 35.5 Å². The standard InChI is InChI=1S/C18H27N3O/c1-3-14(2)21-17-13-16(10-12-19-17)18(22)20-11-9-15-7-5-4-6-8-15/h7,10,12-14H,3-6,8-9,11H2,1-2H3,(H,19,21)(H,20,22). The van der Waals surface area contributed by atoms with E-state index in [1.807, 2.05) is 6.07 Å². The average Bonchev–Trinajstić information content (AvgIpc) is 2.56. The number of aromatic nitrogens is 1. The van der Waals surface area contributed by atoms with E-state index in [1.165, 1.54) is 31.3 Å². The Labute approximate surface area is 133 Å². The second-order valence-electron chi connectivity index (χ2n) is 6.00. The van der Waals surface area contributed by atoms with Gasteiger partial charge in [0.05, 0.1) is 0 Å². The first-order chi connectivity index (χ1) is 10.7. The molecular weight excluding hydrogens is 274 g/mol. The molecular formula is C18H27N3O. The minimum atomic E-state index is -0.0222. The second kappa shape index (κ2) is 8.57. The van der Waals surface area contributed by atoms with Crippen molar-refractivity contribution in [2.24, 2.45) is 0 Å². The van der Waals surface area contributed by atoms with Gasteiger partial charge in [0.25, 0.3) is 5.91 Å². The van der Waals surface area contributed by atoms with Crippen molar-refractivity contribution in [3.8, 4) is 0 Å². The monoisotopic (exact) mass is 301 g/mol. The molecule has 4 nitrogen and oxygen atoms in total. The molecule has 22 heavy (non-hydrogen) atoms. The highest BCUT2D eigenvalue weighted by Gasteiger charge is 2.09. The van der Waals surface area contributed by atoms with Gasteiger partial charge in [-0.25, -0.2) is 4.98 Å². The molecule has 0 bridgehead atoms. The van der Waals surface area contributed by atoms with Crippen LogP contribution in [0.2, 0.25) is 0 Å². The van der Waals surface area contributed by atoms with Gasteiger partial charge in [-0.05, 0) is 57.6 Å². The zero-order chi connectivity index (χ0) is 15.8. The van der Waals surface area contributed by atoms with Crippen LogP contribution in [-0.4, -0.2) is 23.5 Å². The number of nitrogens with one attached hydrogen (secondary N) is 2. The number of pyridine rings is 1. The highest BCUT2D eigenvalue weighted by Crippen LogP contribution is 2.19. The first kappa shape index (κ1) is 16.5. The first-order valence-electron chi connectivity index (χ1n) is 8.37. The summed E-state index contributed by atoms with van der Waals surface area (Å²) >= 11 is 0. The molecule has 2 rings (SSSR count). The number of nitrogens with zero attached hydrogens (tertiary/aromatic N) is 1. The molecule has 2 N–H and O–H groups in total. The number of anilines is 1. The number of amides is 1. The summed E-state index contributed by atoms with van der Waals surface area (Å²) in [5, 5.41) is 6.30. The molecule has 0 aromatic carbocycles. The van der Waals surface area contributed by atoms with Crippen LogP contribution in [0.4, 0.5) is 5.82 Å². The summed E-state index contributed by atoms with van der Waals surface area (Å²) in [6, 6.07) is 3.93. The predicted molar refractivity (Wildman–Crippen MR) is 91.1 cm³/mol. The summed E-state index contributed by atoms with van der Waals surface area (Å²) < 4.78 is 0. The summed E-state index contributed by atoms with van der Waals surface area (Å²) in [5.41, 5.74) is 2.15. The Bertz CT molecular complexity index is 525. The third-order valence-corrected chi connectivity index (χ3v) is 4.15. The molecule has 0 spiro atoms. The SMILES string of the molecule is CCC(C)Nc1cc(C(=O)NCCC2=CCCCC2)ccn1. The van der Waals surface area contributed by atoms with Crippen LogP contribution in [0.5, 0.6) is 0 Å². The number of allylic oxidation sites excluding steroid dienone is 1. The molecule has 1 heterocycles. The molecule has 1 aliphatic carbocycles. The van der Waals surface area contributed by atoms with Gasteiger partial charge in [-0.15, -0.1) is 0 Å². The minimum absolute atomic E-state index is 0.0222. The smallest absolute Gasteiger partial charge is 0.251 e. The number of hydrogen-bond donors (Lipinski definition) is 2. The van der Waals surface area contributed by atoms with Gasteiger partial charge < -0.3 is 10.6 Å². The average molecular weight is 301 g/mol. The van der Waals surface area contributed by atoms with Gasteiger partial charge in [0.2, 0.25) is 0 Å². The first-order valence-corrected chi connectivity index (χ1v) is 8.37. The Kier molecular flexibility index (Phi) is 6.44. The maximum atomic E-state index is 12.2. The van der Waals surface area contributed by atoms with Gasteiger partial charge in [-0.3, -0.25) is 4.79 Å². The normalized spacial score (nSPS) is 15.8. The molecule has 1 atom stereocenters. The Morgan fingerprint density at radius 1 is 1.41 bits per heavy atom. The highest BCUT2D eigenvalue weighted by atomic mass is 16.1. The van der Waals surface area contributed by atoms with Crippen molar-refractivity contribution in [3.05, 3.63) is 35.5 Å². The van der Waals surface area contributed by atoms with Crippen LogP contribution in [0.1, 0.15) is 62.7 Å². The van der Waals surface area contributed by atoms with Crippen LogP contribution in [0.25, 0.3) is 0 Å². The molecule has 120 valence electrons. The van der Waals surface area contributed by atoms with Gasteiger partial charge in [0.1, 0.15) is 5.82 Å². The molecule has 0 saturated carbocycles. The number of carbonyl (C=O) groups is 1. The van der Waals surface area contributed by atoms with Crippen molar-refractivity contribution in [2.45, 2.75) is 58.4 Å². The highest BCUT2D eigenvalue weighted by molar-refractivity contribution is 5.94. The van der Waals surface area contributed by atoms with Crippen LogP contribution in [0.15, 0.2) is 30.0 Å². The topological polar surface area (TPSA) is 54.0 Å². The van der Waals surface area contributed by atoms with Gasteiger partial charge >= 0.3 is 0 Å². The molecule has 0 saturated heterocycles. The maximum Gasteiger partial charge on any atom is 0.251 e. The van der Waals surface area contributed by atoms with Gasteiger partial charge in [0, 0.05) is 24.3 Å². The Balaban J connectivity index is 1.83. The summed E-state index contributed by atoms with van der Waals surface area (Å²) in [6.07, 6.45) is 11.0. The van der Waals surface area contributed by atoms with Crippen LogP contribution in [0.3, 0.4) is 0 Å². The molecule has 1 aromatic rings. The second-order valence-corrected chi connectivity index (χ2v) is 6.00. The lowest BCUT2D eigenvalue weighted by Crippen LogP contribution is -2.25. The summed E-state index contributed by atoms with van der Waals surface area (Å²) in [6.45, 7) is 4.93. The van der Waals surface area contributed by atoms with Crippen molar-refractivity contribution in [1.29, 1.82) is 0 Å². The van der Waals surface area contributed by atoms with Crippen LogP contribution < -0.4 is 10.6 Å². The summed E-state index contributed by atoms with van der Waals surface area (Å²) in [7, 11) is 0. The summed E-state index contributed by atoms with van der Waals surface area (Å²) in [4.78, 5) is 16.5. The van der Waals surface area contributed by atoms with E-state index < -0.39 is 0 Å². The van der Waals surface area contributed by atoms with E-state index in [9.17, 15) is 4.79 Å². The molecule has 4 heteroatoms. The zero-order valence-corrected chi connectivity index (χ0v) is 13.7. The number of hydrogen-bond acceptors (Lipinski definition) is 3. The van der Waals surface area contributed by atoms with Crippen LogP contribution in [-0.2, 0) is 0 Å². The van der Waals surface area contributed by atoms with Crippen molar-refractivity contribution in [2.75, 3.05) is 11.9 Å². The minimum Gasteiger partial charge on any atom is -0.368 e. The van der Waals surface area contributed by atoms with Crippen LogP contribution >= 0.6 is 0 Å². The van der Waals surface area contributed by atoms with E-state index in [0.29, 0.717) is 18.2 Å². The van der Waals surface area contributed by atoms with Crippen LogP contribution in [0, 0.1) is 0 Å². The largest absolute Gasteiger partial charge is 0.368 e. The van der Waals surface area contributed by atoms with Crippen molar-refractivity contribution in [1.82, 2.24) is 10.3 Å². The van der Waals surface area contributed by atoms with E-state index in [1.54, 1.807) is 12.3 Å². The zero-order valence-electron chi connectivity index (χ0n) is 13.7. The van der Waals surface area contributed by atoms with Crippen molar-refractivity contribution >= 4 is 11.7 Å². The third kappa shape index (κ3) is 5.17. The molecule has 1 aliphatic rings. The predicted octanol–water partition coefficient (Wildman–Crippen LogP) is 3.91. The quantitative estimate of drug-likeness (QED) is 0.751. The molecule has 1 aromatic heterocycles. The Hall–Kier alpha value is -1.84.